The Bertz CT molecular complexity index is 1000. The molecule has 36 heavy (non-hydrogen) atoms. The Kier molecular flexibility index (Phi) is 10.2. The van der Waals surface area contributed by atoms with Crippen LogP contribution in [-0.4, -0.2) is 59.2 Å². The molecule has 2 fully saturated rings. The van der Waals surface area contributed by atoms with Gasteiger partial charge in [-0.3, -0.25) is 9.97 Å². The molecule has 2 aromatic rings. The zero-order valence-electron chi connectivity index (χ0n) is 20.3. The van der Waals surface area contributed by atoms with Crippen LogP contribution in [0.2, 0.25) is 0 Å². The summed E-state index contributed by atoms with van der Waals surface area (Å²) in [5.74, 6) is 11.3. The largest absolute Gasteiger partial charge is 0.376 e. The topological polar surface area (TPSA) is 103 Å². The van der Waals surface area contributed by atoms with Crippen molar-refractivity contribution in [3.05, 3.63) is 47.8 Å². The monoisotopic (exact) mass is 492 g/mol. The summed E-state index contributed by atoms with van der Waals surface area (Å²) >= 11 is 0. The molecule has 8 heteroatoms. The minimum Gasteiger partial charge on any atom is -0.376 e. The van der Waals surface area contributed by atoms with Crippen molar-refractivity contribution in [1.82, 2.24) is 9.97 Å². The van der Waals surface area contributed by atoms with Gasteiger partial charge in [-0.15, -0.1) is 0 Å². The van der Waals surface area contributed by atoms with Crippen LogP contribution >= 0.6 is 0 Å². The van der Waals surface area contributed by atoms with Crippen LogP contribution in [0, 0.1) is 23.7 Å². The number of nitrogens with zero attached hydrogens (tertiary/aromatic N) is 2. The number of hydrogen-bond donors (Lipinski definition) is 2. The maximum Gasteiger partial charge on any atom is 0.158 e. The fourth-order valence-electron chi connectivity index (χ4n) is 4.06. The number of aliphatic hydroxyl groups is 2. The molecule has 2 aromatic heterocycles. The predicted molar refractivity (Wildman–Crippen MR) is 132 cm³/mol. The van der Waals surface area contributed by atoms with Crippen molar-refractivity contribution < 1.29 is 29.2 Å². The molecule has 4 heterocycles. The summed E-state index contributed by atoms with van der Waals surface area (Å²) in [6.07, 6.45) is 6.48. The van der Waals surface area contributed by atoms with E-state index in [0.29, 0.717) is 35.7 Å². The molecule has 2 aliphatic heterocycles. The number of pyridine rings is 2. The van der Waals surface area contributed by atoms with E-state index in [0.717, 1.165) is 38.5 Å². The molecule has 0 spiro atoms. The van der Waals surface area contributed by atoms with Gasteiger partial charge in [-0.1, -0.05) is 35.8 Å². The summed E-state index contributed by atoms with van der Waals surface area (Å²) in [4.78, 5) is 8.86. The van der Waals surface area contributed by atoms with Crippen LogP contribution in [0.25, 0.3) is 11.4 Å². The molecular weight excluding hydrogens is 460 g/mol. The molecule has 0 amide bonds. The van der Waals surface area contributed by atoms with Crippen molar-refractivity contribution >= 4 is 0 Å². The second-order valence-corrected chi connectivity index (χ2v) is 8.54. The van der Waals surface area contributed by atoms with Gasteiger partial charge in [-0.25, -0.2) is 0 Å². The number of ether oxygens (including phenoxy) is 4. The van der Waals surface area contributed by atoms with Crippen LogP contribution in [0.5, 0.6) is 0 Å². The molecule has 4 atom stereocenters. The SMILES string of the molecule is O[C@H](C#CCOC1CCCCO1)c1cccnc1-c1ncccc1[C@H](O)C#CCOC1CCCCO1. The third-order valence-corrected chi connectivity index (χ3v) is 5.93. The predicted octanol–water partition coefficient (Wildman–Crippen LogP) is 3.30. The average molecular weight is 493 g/mol. The van der Waals surface area contributed by atoms with E-state index in [1.54, 1.807) is 36.7 Å². The summed E-state index contributed by atoms with van der Waals surface area (Å²) in [6.45, 7) is 1.72. The quantitative estimate of drug-likeness (QED) is 0.568. The Hall–Kier alpha value is -2.82. The van der Waals surface area contributed by atoms with E-state index in [1.165, 1.54) is 0 Å². The first-order valence-electron chi connectivity index (χ1n) is 12.4. The lowest BCUT2D eigenvalue weighted by Gasteiger charge is -2.21. The van der Waals surface area contributed by atoms with Gasteiger partial charge < -0.3 is 29.2 Å². The van der Waals surface area contributed by atoms with Crippen molar-refractivity contribution in [2.45, 2.75) is 63.3 Å². The first-order chi connectivity index (χ1) is 17.7. The Morgan fingerprint density at radius 3 is 1.67 bits per heavy atom. The van der Waals surface area contributed by atoms with E-state index in [9.17, 15) is 10.2 Å². The maximum atomic E-state index is 10.8. The summed E-state index contributed by atoms with van der Waals surface area (Å²) in [5, 5.41) is 21.6. The van der Waals surface area contributed by atoms with Crippen molar-refractivity contribution in [3.8, 4) is 35.1 Å². The number of aliphatic hydroxyl groups excluding tert-OH is 2. The van der Waals surface area contributed by atoms with E-state index in [-0.39, 0.29) is 25.8 Å². The van der Waals surface area contributed by atoms with Crippen molar-refractivity contribution in [1.29, 1.82) is 0 Å². The van der Waals surface area contributed by atoms with Gasteiger partial charge in [-0.2, -0.15) is 0 Å². The third-order valence-electron chi connectivity index (χ3n) is 5.93. The molecule has 8 nitrogen and oxygen atoms in total. The number of hydrogen-bond acceptors (Lipinski definition) is 8. The zero-order chi connectivity index (χ0) is 25.0. The van der Waals surface area contributed by atoms with Crippen LogP contribution in [-0.2, 0) is 18.9 Å². The Morgan fingerprint density at radius 2 is 1.25 bits per heavy atom. The zero-order valence-corrected chi connectivity index (χ0v) is 20.3. The molecule has 190 valence electrons. The van der Waals surface area contributed by atoms with Gasteiger partial charge in [0.1, 0.15) is 25.4 Å². The minimum absolute atomic E-state index is 0.161. The molecule has 2 aliphatic rings. The average Bonchev–Trinajstić information content (AvgIpc) is 2.94. The van der Waals surface area contributed by atoms with Gasteiger partial charge in [0.25, 0.3) is 0 Å². The number of rotatable bonds is 7. The van der Waals surface area contributed by atoms with Crippen molar-refractivity contribution in [2.24, 2.45) is 0 Å². The molecule has 0 saturated carbocycles. The van der Waals surface area contributed by atoms with Crippen molar-refractivity contribution in [3.63, 3.8) is 0 Å². The highest BCUT2D eigenvalue weighted by molar-refractivity contribution is 5.65. The normalized spacial score (nSPS) is 21.4. The number of aromatic nitrogens is 2. The summed E-state index contributed by atoms with van der Waals surface area (Å²) < 4.78 is 22.3. The van der Waals surface area contributed by atoms with Gasteiger partial charge >= 0.3 is 0 Å². The molecule has 0 aliphatic carbocycles. The molecule has 2 N–H and O–H groups in total. The van der Waals surface area contributed by atoms with Gasteiger partial charge in [0.05, 0.1) is 11.4 Å². The van der Waals surface area contributed by atoms with E-state index in [2.05, 4.69) is 33.6 Å². The smallest absolute Gasteiger partial charge is 0.158 e. The highest BCUT2D eigenvalue weighted by Crippen LogP contribution is 2.30. The van der Waals surface area contributed by atoms with Gasteiger partial charge in [0.15, 0.2) is 12.6 Å². The molecule has 0 radical (unpaired) electrons. The highest BCUT2D eigenvalue weighted by Gasteiger charge is 2.20. The van der Waals surface area contributed by atoms with Gasteiger partial charge in [0, 0.05) is 36.7 Å². The molecule has 2 saturated heterocycles. The maximum absolute atomic E-state index is 10.8. The fourth-order valence-corrected chi connectivity index (χ4v) is 4.06. The van der Waals surface area contributed by atoms with E-state index < -0.39 is 12.2 Å². The molecule has 0 bridgehead atoms. The summed E-state index contributed by atoms with van der Waals surface area (Å²) in [7, 11) is 0. The lowest BCUT2D eigenvalue weighted by Crippen LogP contribution is -2.22. The molecular formula is C28H32N2O6. The Labute approximate surface area is 212 Å². The molecule has 4 rings (SSSR count). The third kappa shape index (κ3) is 7.59. The summed E-state index contributed by atoms with van der Waals surface area (Å²) in [5.41, 5.74) is 1.83. The second kappa shape index (κ2) is 14.1. The van der Waals surface area contributed by atoms with Crippen LogP contribution in [0.15, 0.2) is 36.7 Å². The van der Waals surface area contributed by atoms with E-state index >= 15 is 0 Å². The van der Waals surface area contributed by atoms with Crippen LogP contribution in [0.3, 0.4) is 0 Å². The summed E-state index contributed by atoms with van der Waals surface area (Å²) in [6, 6.07) is 6.92. The lowest BCUT2D eigenvalue weighted by atomic mass is 9.99. The van der Waals surface area contributed by atoms with Gasteiger partial charge in [0.2, 0.25) is 0 Å². The van der Waals surface area contributed by atoms with E-state index in [1.807, 2.05) is 0 Å². The molecule has 0 aromatic carbocycles. The second-order valence-electron chi connectivity index (χ2n) is 8.54. The van der Waals surface area contributed by atoms with Crippen molar-refractivity contribution in [2.75, 3.05) is 26.4 Å². The first kappa shape index (κ1) is 26.2. The minimum atomic E-state index is -1.11. The lowest BCUT2D eigenvalue weighted by molar-refractivity contribution is -0.154. The standard InChI is InChI=1S/C28H32N2O6/c31-23(11-7-19-35-25-13-1-3-17-33-25)21-9-5-15-29-27(21)28-22(10-6-16-30-28)24(32)12-8-20-36-26-14-2-4-18-34-26/h5-6,9-10,15-16,23-26,31-32H,1-4,13-14,17-20H2/t23-,24-,25?,26?/m1/s1. The van der Waals surface area contributed by atoms with E-state index in [4.69, 9.17) is 18.9 Å². The van der Waals surface area contributed by atoms with Crippen LogP contribution in [0.1, 0.15) is 61.9 Å². The van der Waals surface area contributed by atoms with Crippen LogP contribution in [0.4, 0.5) is 0 Å². The Morgan fingerprint density at radius 1 is 0.778 bits per heavy atom. The Balaban J connectivity index is 1.43. The molecule has 2 unspecified atom stereocenters. The van der Waals surface area contributed by atoms with Crippen LogP contribution < -0.4 is 0 Å². The highest BCUT2D eigenvalue weighted by atomic mass is 16.7. The fraction of sp³-hybridized carbons (Fsp3) is 0.500. The van der Waals surface area contributed by atoms with Gasteiger partial charge in [-0.05, 0) is 50.7 Å². The first-order valence-corrected chi connectivity index (χ1v) is 12.4.